The van der Waals surface area contributed by atoms with E-state index < -0.39 is 64.6 Å². The van der Waals surface area contributed by atoms with Crippen LogP contribution in [0.3, 0.4) is 0 Å². The van der Waals surface area contributed by atoms with Gasteiger partial charge in [-0.25, -0.2) is 13.2 Å². The van der Waals surface area contributed by atoms with E-state index in [1.165, 1.54) is 30.7 Å². The zero-order valence-electron chi connectivity index (χ0n) is 22.3. The van der Waals surface area contributed by atoms with E-state index in [1.54, 1.807) is 12.1 Å². The first-order valence-electron chi connectivity index (χ1n) is 12.9. The molecule has 0 saturated carbocycles. The number of ether oxygens (including phenoxy) is 4. The number of nitrogens with zero attached hydrogens (tertiary/aromatic N) is 2. The molecule has 15 heteroatoms. The molecule has 2 unspecified atom stereocenters. The molecule has 41 heavy (non-hydrogen) atoms. The third-order valence-electron chi connectivity index (χ3n) is 7.76. The van der Waals surface area contributed by atoms with Crippen LogP contribution in [0.2, 0.25) is 0 Å². The second-order valence-corrected chi connectivity index (χ2v) is 11.9. The molecule has 2 aromatic rings. The normalized spacial score (nSPS) is 27.0. The molecule has 14 nitrogen and oxygen atoms in total. The SMILES string of the molecule is COc1ccc(S(=O)(=O)N2CCN(Cc3c(O)c(OC)c(O)c4c3C(=O)OC3C4O[C@H](CO)[C@@H](O)[C@@H]3O)CC2)cc1. The summed E-state index contributed by atoms with van der Waals surface area (Å²) in [5.41, 5.74) is -0.258. The summed E-state index contributed by atoms with van der Waals surface area (Å²) in [6.07, 6.45) is -7.09. The van der Waals surface area contributed by atoms with Gasteiger partial charge in [-0.05, 0) is 24.3 Å². The summed E-state index contributed by atoms with van der Waals surface area (Å²) in [4.78, 5) is 15.1. The first-order chi connectivity index (χ1) is 19.5. The van der Waals surface area contributed by atoms with Crippen LogP contribution < -0.4 is 9.47 Å². The third-order valence-corrected chi connectivity index (χ3v) is 9.67. The van der Waals surface area contributed by atoms with Gasteiger partial charge in [-0.1, -0.05) is 0 Å². The molecule has 0 aliphatic carbocycles. The number of carbonyl (C=O) groups excluding carboxylic acids is 1. The number of rotatable bonds is 7. The van der Waals surface area contributed by atoms with Crippen LogP contribution in [0.25, 0.3) is 0 Å². The molecule has 5 N–H and O–H groups in total. The molecule has 0 spiro atoms. The monoisotopic (exact) mass is 596 g/mol. The highest BCUT2D eigenvalue weighted by atomic mass is 32.2. The lowest BCUT2D eigenvalue weighted by molar-refractivity contribution is -0.235. The van der Waals surface area contributed by atoms with Crippen molar-refractivity contribution in [1.29, 1.82) is 0 Å². The van der Waals surface area contributed by atoms with Crippen molar-refractivity contribution in [2.24, 2.45) is 0 Å². The molecule has 3 heterocycles. The number of fused-ring (bicyclic) bond motifs is 3. The van der Waals surface area contributed by atoms with Crippen LogP contribution in [0.5, 0.6) is 23.0 Å². The largest absolute Gasteiger partial charge is 0.504 e. The van der Waals surface area contributed by atoms with Gasteiger partial charge in [-0.3, -0.25) is 4.90 Å². The van der Waals surface area contributed by atoms with E-state index in [9.17, 15) is 38.7 Å². The Labute approximate surface area is 235 Å². The fourth-order valence-corrected chi connectivity index (χ4v) is 6.94. The molecule has 224 valence electrons. The van der Waals surface area contributed by atoms with Gasteiger partial charge < -0.3 is 44.5 Å². The lowest BCUT2D eigenvalue weighted by Crippen LogP contribution is -2.58. The molecule has 0 bridgehead atoms. The molecular formula is C26H32N2O12S. The second kappa shape index (κ2) is 11.2. The van der Waals surface area contributed by atoms with Crippen LogP contribution in [0, 0.1) is 0 Å². The minimum absolute atomic E-state index is 0.0394. The van der Waals surface area contributed by atoms with Gasteiger partial charge in [0.05, 0.1) is 31.3 Å². The zero-order valence-corrected chi connectivity index (χ0v) is 23.2. The lowest BCUT2D eigenvalue weighted by atomic mass is 9.84. The summed E-state index contributed by atoms with van der Waals surface area (Å²) < 4.78 is 49.1. The van der Waals surface area contributed by atoms with Crippen molar-refractivity contribution >= 4 is 16.0 Å². The summed E-state index contributed by atoms with van der Waals surface area (Å²) in [5, 5.41) is 52.5. The van der Waals surface area contributed by atoms with Crippen LogP contribution in [-0.4, -0.2) is 121 Å². The van der Waals surface area contributed by atoms with Crippen LogP contribution in [-0.2, 0) is 26.0 Å². The van der Waals surface area contributed by atoms with E-state index in [0.717, 1.165) is 0 Å². The molecule has 5 atom stereocenters. The van der Waals surface area contributed by atoms with Gasteiger partial charge >= 0.3 is 5.97 Å². The Kier molecular flexibility index (Phi) is 8.04. The number of benzene rings is 2. The molecule has 3 aliphatic heterocycles. The Balaban J connectivity index is 1.42. The number of esters is 1. The standard InChI is InChI=1S/C26H32N2O12S/c1-37-13-3-5-14(6-4-13)41(35,36)28-9-7-27(8-10-28)11-15-17-18(21(32)24(38-2)19(15)30)23-25(40-26(17)34)22(33)20(31)16(12-29)39-23/h3-6,16,20,22-23,25,29-33H,7-12H2,1-2H3/t16-,20-,22+,23?,25?/m1/s1. The molecule has 3 aliphatic rings. The van der Waals surface area contributed by atoms with Crippen molar-refractivity contribution in [2.45, 2.75) is 42.0 Å². The number of phenolic OH excluding ortho intramolecular Hbond substituents is 2. The Morgan fingerprint density at radius 2 is 1.63 bits per heavy atom. The van der Waals surface area contributed by atoms with Crippen LogP contribution in [0.1, 0.15) is 27.6 Å². The summed E-state index contributed by atoms with van der Waals surface area (Å²) in [6, 6.07) is 6.07. The van der Waals surface area contributed by atoms with Gasteiger partial charge in [0.1, 0.15) is 30.2 Å². The molecule has 0 radical (unpaired) electrons. The molecule has 2 aromatic carbocycles. The van der Waals surface area contributed by atoms with Crippen molar-refractivity contribution in [1.82, 2.24) is 9.21 Å². The van der Waals surface area contributed by atoms with E-state index in [2.05, 4.69) is 0 Å². The summed E-state index contributed by atoms with van der Waals surface area (Å²) >= 11 is 0. The highest BCUT2D eigenvalue weighted by molar-refractivity contribution is 7.89. The predicted octanol–water partition coefficient (Wildman–Crippen LogP) is -0.685. The van der Waals surface area contributed by atoms with Crippen LogP contribution in [0.4, 0.5) is 0 Å². The Morgan fingerprint density at radius 1 is 0.976 bits per heavy atom. The highest BCUT2D eigenvalue weighted by Crippen LogP contribution is 2.52. The number of aromatic hydroxyl groups is 2. The average molecular weight is 597 g/mol. The van der Waals surface area contributed by atoms with Gasteiger partial charge in [0, 0.05) is 43.9 Å². The van der Waals surface area contributed by atoms with E-state index in [1.807, 2.05) is 4.90 Å². The van der Waals surface area contributed by atoms with E-state index >= 15 is 0 Å². The maximum Gasteiger partial charge on any atom is 0.339 e. The van der Waals surface area contributed by atoms with E-state index in [0.29, 0.717) is 5.75 Å². The number of hydrogen-bond acceptors (Lipinski definition) is 13. The fraction of sp³-hybridized carbons (Fsp3) is 0.500. The number of aliphatic hydroxyl groups is 3. The van der Waals surface area contributed by atoms with Crippen LogP contribution >= 0.6 is 0 Å². The molecule has 2 fully saturated rings. The molecule has 0 amide bonds. The number of aliphatic hydroxyl groups excluding tert-OH is 3. The number of hydrogen-bond donors (Lipinski definition) is 5. The van der Waals surface area contributed by atoms with E-state index in [4.69, 9.17) is 18.9 Å². The summed E-state index contributed by atoms with van der Waals surface area (Å²) in [5.74, 6) is -1.89. The van der Waals surface area contributed by atoms with Crippen molar-refractivity contribution in [3.8, 4) is 23.0 Å². The topological polar surface area (TPSA) is 196 Å². The van der Waals surface area contributed by atoms with Gasteiger partial charge in [0.15, 0.2) is 17.6 Å². The Bertz CT molecular complexity index is 1410. The first kappa shape index (κ1) is 29.3. The molecule has 2 saturated heterocycles. The lowest BCUT2D eigenvalue weighted by Gasteiger charge is -2.45. The minimum Gasteiger partial charge on any atom is -0.504 e. The van der Waals surface area contributed by atoms with E-state index in [-0.39, 0.29) is 60.1 Å². The first-order valence-corrected chi connectivity index (χ1v) is 14.3. The smallest absolute Gasteiger partial charge is 0.339 e. The number of phenols is 2. The summed E-state index contributed by atoms with van der Waals surface area (Å²) in [7, 11) is -1.07. The summed E-state index contributed by atoms with van der Waals surface area (Å²) in [6.45, 7) is 0.0729. The molecule has 0 aromatic heterocycles. The van der Waals surface area contributed by atoms with Gasteiger partial charge in [0.25, 0.3) is 0 Å². The second-order valence-electron chi connectivity index (χ2n) is 9.98. The fourth-order valence-electron chi connectivity index (χ4n) is 5.51. The van der Waals surface area contributed by atoms with Crippen molar-refractivity contribution in [3.63, 3.8) is 0 Å². The number of carbonyl (C=O) groups is 1. The number of methoxy groups -OCH3 is 2. The Morgan fingerprint density at radius 3 is 2.22 bits per heavy atom. The van der Waals surface area contributed by atoms with Gasteiger partial charge in [0.2, 0.25) is 15.8 Å². The minimum atomic E-state index is -3.77. The quantitative estimate of drug-likeness (QED) is 0.252. The van der Waals surface area contributed by atoms with Crippen molar-refractivity contribution in [3.05, 3.63) is 41.0 Å². The molecular weight excluding hydrogens is 564 g/mol. The predicted molar refractivity (Wildman–Crippen MR) is 139 cm³/mol. The number of piperazine rings is 1. The van der Waals surface area contributed by atoms with Gasteiger partial charge in [-0.2, -0.15) is 4.31 Å². The maximum absolute atomic E-state index is 13.2. The van der Waals surface area contributed by atoms with Crippen molar-refractivity contribution in [2.75, 3.05) is 47.0 Å². The van der Waals surface area contributed by atoms with Crippen molar-refractivity contribution < 1.29 is 57.7 Å². The highest BCUT2D eigenvalue weighted by Gasteiger charge is 2.53. The third kappa shape index (κ3) is 4.97. The molecule has 5 rings (SSSR count). The average Bonchev–Trinajstić information content (AvgIpc) is 2.97. The van der Waals surface area contributed by atoms with Gasteiger partial charge in [-0.15, -0.1) is 0 Å². The maximum atomic E-state index is 13.2. The Hall–Kier alpha value is -3.18. The number of sulfonamides is 1. The zero-order chi connectivity index (χ0) is 29.6. The van der Waals surface area contributed by atoms with Crippen LogP contribution in [0.15, 0.2) is 29.2 Å².